The average molecular weight is 266 g/mol. The maximum absolute atomic E-state index is 6.20. The minimum atomic E-state index is -1.69. The lowest BCUT2D eigenvalue weighted by Gasteiger charge is -2.39. The SMILES string of the molecule is [B]C([B])(C)N[C@H](C)C([B])([B])c1ccc2c(c1)OC([B])([B])O2. The van der Waals surface area contributed by atoms with Gasteiger partial charge in [-0.3, -0.25) is 0 Å². The number of benzene rings is 1. The molecule has 0 aromatic heterocycles. The van der Waals surface area contributed by atoms with Crippen molar-refractivity contribution in [1.29, 1.82) is 0 Å². The molecule has 1 N–H and O–H groups in total. The number of fused-ring (bicyclic) bond motifs is 1. The fourth-order valence-corrected chi connectivity index (χ4v) is 2.14. The van der Waals surface area contributed by atoms with Gasteiger partial charge in [0.2, 0.25) is 0 Å². The minimum Gasteiger partial charge on any atom is -0.468 e. The molecule has 94 valence electrons. The van der Waals surface area contributed by atoms with Crippen molar-refractivity contribution < 1.29 is 9.47 Å². The Bertz CT molecular complexity index is 543. The first kappa shape index (κ1) is 16.5. The van der Waals surface area contributed by atoms with Crippen molar-refractivity contribution in [2.75, 3.05) is 0 Å². The largest absolute Gasteiger partial charge is 0.468 e. The Labute approximate surface area is 133 Å². The molecule has 1 aromatic rings. The molecule has 0 aliphatic carbocycles. The van der Waals surface area contributed by atoms with Gasteiger partial charge in [-0.2, -0.15) is 0 Å². The van der Waals surface area contributed by atoms with Gasteiger partial charge in [0.05, 0.1) is 31.4 Å². The van der Waals surface area contributed by atoms with Crippen LogP contribution in [0.2, 0.25) is 0 Å². The second kappa shape index (κ2) is 5.12. The Balaban J connectivity index is 2.26. The van der Waals surface area contributed by atoms with Crippen molar-refractivity contribution in [3.05, 3.63) is 23.8 Å². The van der Waals surface area contributed by atoms with E-state index in [1.54, 1.807) is 32.0 Å². The molecule has 1 aliphatic heterocycles. The summed E-state index contributed by atoms with van der Waals surface area (Å²) in [6.45, 7) is 3.38. The topological polar surface area (TPSA) is 30.5 Å². The first-order valence-corrected chi connectivity index (χ1v) is 6.44. The summed E-state index contributed by atoms with van der Waals surface area (Å²) in [5.41, 5.74) is -1.10. The Morgan fingerprint density at radius 2 is 1.67 bits per heavy atom. The molecular formula is C12H11B6NO2. The van der Waals surface area contributed by atoms with Crippen LogP contribution in [-0.2, 0) is 5.21 Å². The van der Waals surface area contributed by atoms with Crippen LogP contribution < -0.4 is 14.8 Å². The van der Waals surface area contributed by atoms with Gasteiger partial charge in [0.25, 0.3) is 0 Å². The lowest BCUT2D eigenvalue weighted by molar-refractivity contribution is 0.0833. The molecule has 0 fully saturated rings. The van der Waals surface area contributed by atoms with Crippen LogP contribution in [0, 0.1) is 0 Å². The normalized spacial score (nSPS) is 18.4. The smallest absolute Gasteiger partial charge is 0.175 e. The first-order chi connectivity index (χ1) is 9.41. The Morgan fingerprint density at radius 3 is 2.24 bits per heavy atom. The van der Waals surface area contributed by atoms with Crippen molar-refractivity contribution in [2.24, 2.45) is 0 Å². The third-order valence-corrected chi connectivity index (χ3v) is 3.23. The zero-order chi connectivity index (χ0) is 16.1. The highest BCUT2D eigenvalue weighted by Crippen LogP contribution is 2.39. The molecule has 9 heteroatoms. The van der Waals surface area contributed by atoms with Gasteiger partial charge in [-0.25, -0.2) is 0 Å². The van der Waals surface area contributed by atoms with Crippen LogP contribution in [0.5, 0.6) is 11.5 Å². The Hall–Kier alpha value is -0.830. The lowest BCUT2D eigenvalue weighted by Crippen LogP contribution is -2.57. The van der Waals surface area contributed by atoms with Gasteiger partial charge >= 0.3 is 0 Å². The second-order valence-corrected chi connectivity index (χ2v) is 5.67. The van der Waals surface area contributed by atoms with Crippen molar-refractivity contribution in [2.45, 2.75) is 36.0 Å². The zero-order valence-electron chi connectivity index (χ0n) is 12.1. The van der Waals surface area contributed by atoms with E-state index in [1.807, 2.05) is 0 Å². The number of rotatable bonds is 4. The van der Waals surface area contributed by atoms with Gasteiger partial charge in [0.1, 0.15) is 0 Å². The van der Waals surface area contributed by atoms with Gasteiger partial charge in [-0.05, 0) is 18.2 Å². The van der Waals surface area contributed by atoms with Crippen LogP contribution in [0.3, 0.4) is 0 Å². The summed E-state index contributed by atoms with van der Waals surface area (Å²) in [4.78, 5) is 0. The summed E-state index contributed by atoms with van der Waals surface area (Å²) in [5.74, 6) is 0.788. The van der Waals surface area contributed by atoms with Gasteiger partial charge in [-0.1, -0.05) is 36.0 Å². The van der Waals surface area contributed by atoms with E-state index in [0.29, 0.717) is 17.1 Å². The molecule has 21 heavy (non-hydrogen) atoms. The summed E-state index contributed by atoms with van der Waals surface area (Å²) in [5, 5.41) is 0.575. The molecule has 0 bridgehead atoms. The average Bonchev–Trinajstić information content (AvgIpc) is 2.59. The molecule has 0 saturated carbocycles. The molecule has 1 aromatic carbocycles. The predicted octanol–water partition coefficient (Wildman–Crippen LogP) is -1.12. The first-order valence-electron chi connectivity index (χ1n) is 6.44. The predicted molar refractivity (Wildman–Crippen MR) is 87.6 cm³/mol. The molecule has 1 aliphatic rings. The van der Waals surface area contributed by atoms with E-state index in [1.165, 1.54) is 0 Å². The third-order valence-electron chi connectivity index (χ3n) is 3.23. The van der Waals surface area contributed by atoms with Gasteiger partial charge in [0, 0.05) is 0 Å². The maximum atomic E-state index is 6.20. The highest BCUT2D eigenvalue weighted by molar-refractivity contribution is 6.42. The number of nitrogens with one attached hydrogen (secondary N) is 1. The van der Waals surface area contributed by atoms with E-state index in [4.69, 9.17) is 56.6 Å². The van der Waals surface area contributed by atoms with E-state index in [-0.39, 0.29) is 0 Å². The molecular weight excluding hydrogens is 255 g/mol. The number of hydrogen-bond donors (Lipinski definition) is 1. The minimum absolute atomic E-state index is 0.369. The zero-order valence-corrected chi connectivity index (χ0v) is 12.1. The van der Waals surface area contributed by atoms with Crippen LogP contribution in [0.4, 0.5) is 0 Å². The van der Waals surface area contributed by atoms with Gasteiger partial charge < -0.3 is 14.8 Å². The van der Waals surface area contributed by atoms with E-state index in [0.717, 1.165) is 0 Å². The van der Waals surface area contributed by atoms with Crippen molar-refractivity contribution in [3.63, 3.8) is 0 Å². The molecule has 2 rings (SSSR count). The van der Waals surface area contributed by atoms with Gasteiger partial charge in [-0.15, -0.1) is 0 Å². The summed E-state index contributed by atoms with van der Waals surface area (Å²) in [6.07, 6.45) is 0. The Kier molecular flexibility index (Phi) is 4.03. The highest BCUT2D eigenvalue weighted by atomic mass is 16.7. The Morgan fingerprint density at radius 1 is 1.10 bits per heavy atom. The molecule has 12 radical (unpaired) electrons. The number of ether oxygens (including phenoxy) is 2. The van der Waals surface area contributed by atoms with Crippen LogP contribution in [-0.4, -0.2) is 64.0 Å². The molecule has 1 atom stereocenters. The van der Waals surface area contributed by atoms with Crippen LogP contribution >= 0.6 is 0 Å². The van der Waals surface area contributed by atoms with E-state index >= 15 is 0 Å². The molecule has 3 nitrogen and oxygen atoms in total. The quantitative estimate of drug-likeness (QED) is 0.701. The summed E-state index contributed by atoms with van der Waals surface area (Å²) in [7, 11) is 34.9. The van der Waals surface area contributed by atoms with E-state index < -0.39 is 22.2 Å². The van der Waals surface area contributed by atoms with E-state index in [9.17, 15) is 0 Å². The molecule has 0 spiro atoms. The molecule has 0 saturated heterocycles. The molecule has 1 heterocycles. The summed E-state index contributed by atoms with van der Waals surface area (Å²) < 4.78 is 10.5. The van der Waals surface area contributed by atoms with Crippen LogP contribution in [0.25, 0.3) is 0 Å². The fourth-order valence-electron chi connectivity index (χ4n) is 2.14. The molecule has 0 unspecified atom stereocenters. The summed E-state index contributed by atoms with van der Waals surface area (Å²) >= 11 is 0. The van der Waals surface area contributed by atoms with E-state index in [2.05, 4.69) is 5.32 Å². The monoisotopic (exact) mass is 267 g/mol. The number of hydrogen-bond acceptors (Lipinski definition) is 3. The maximum Gasteiger partial charge on any atom is 0.175 e. The fraction of sp³-hybridized carbons (Fsp3) is 0.500. The van der Waals surface area contributed by atoms with Crippen LogP contribution in [0.1, 0.15) is 19.4 Å². The third kappa shape index (κ3) is 3.68. The lowest BCUT2D eigenvalue weighted by atomic mass is 9.47. The highest BCUT2D eigenvalue weighted by Gasteiger charge is 2.34. The van der Waals surface area contributed by atoms with Gasteiger partial charge in [0.15, 0.2) is 32.8 Å². The van der Waals surface area contributed by atoms with Crippen molar-refractivity contribution in [3.8, 4) is 11.5 Å². The van der Waals surface area contributed by atoms with Crippen molar-refractivity contribution in [1.82, 2.24) is 5.32 Å². The van der Waals surface area contributed by atoms with Crippen molar-refractivity contribution >= 4 is 47.1 Å². The second-order valence-electron chi connectivity index (χ2n) is 5.67. The molecule has 0 amide bonds. The van der Waals surface area contributed by atoms with Crippen LogP contribution in [0.15, 0.2) is 18.2 Å². The standard InChI is InChI=1S/C12H11B6NO2/c1-6(19-10(2,13)14)11(15,16)7-3-4-8-9(5-7)21-12(17,18)20-8/h3-6,19H,1-2H3/t6-/m1/s1. The summed E-state index contributed by atoms with van der Waals surface area (Å²) in [6, 6.07) is 4.54.